The Hall–Kier alpha value is -1.86. The number of anilines is 2. The summed E-state index contributed by atoms with van der Waals surface area (Å²) >= 11 is 6.10. The van der Waals surface area contributed by atoms with Crippen LogP contribution in [0.1, 0.15) is 18.2 Å². The van der Waals surface area contributed by atoms with Crippen LogP contribution in [0, 0.1) is 0 Å². The van der Waals surface area contributed by atoms with Gasteiger partial charge in [0, 0.05) is 19.9 Å². The van der Waals surface area contributed by atoms with Crippen molar-refractivity contribution in [3.8, 4) is 0 Å². The summed E-state index contributed by atoms with van der Waals surface area (Å²) < 4.78 is 7.60. The Morgan fingerprint density at radius 2 is 2.35 bits per heavy atom. The lowest BCUT2D eigenvalue weighted by molar-refractivity contribution is 0.101. The van der Waals surface area contributed by atoms with Crippen molar-refractivity contribution in [2.75, 3.05) is 17.7 Å². The van der Waals surface area contributed by atoms with Crippen LogP contribution < -0.4 is 11.1 Å². The van der Waals surface area contributed by atoms with Crippen LogP contribution in [0.15, 0.2) is 18.6 Å². The first kappa shape index (κ1) is 13.1. The largest absolute Gasteiger partial charge is 0.382 e. The van der Waals surface area contributed by atoms with Crippen molar-refractivity contribution in [2.45, 2.75) is 18.6 Å². The van der Waals surface area contributed by atoms with Crippen LogP contribution in [0.4, 0.5) is 11.6 Å². The van der Waals surface area contributed by atoms with Crippen molar-refractivity contribution < 1.29 is 4.74 Å². The minimum atomic E-state index is -0.0882. The van der Waals surface area contributed by atoms with Gasteiger partial charge in [0.25, 0.3) is 0 Å². The molecule has 0 aromatic carbocycles. The fraction of sp³-hybridized carbons (Fsp3) is 0.417. The van der Waals surface area contributed by atoms with Crippen molar-refractivity contribution in [2.24, 2.45) is 7.05 Å². The Morgan fingerprint density at radius 3 is 3.10 bits per heavy atom. The molecule has 0 unspecified atom stereocenters. The normalized spacial score (nSPS) is 22.1. The van der Waals surface area contributed by atoms with Crippen LogP contribution in [-0.4, -0.2) is 32.4 Å². The molecule has 1 fully saturated rings. The van der Waals surface area contributed by atoms with Gasteiger partial charge in [-0.05, 0) is 12.5 Å². The van der Waals surface area contributed by atoms with E-state index in [0.29, 0.717) is 17.4 Å². The number of nitrogen functional groups attached to an aromatic ring is 1. The Labute approximate surface area is 121 Å². The molecule has 7 nitrogen and oxygen atoms in total. The van der Waals surface area contributed by atoms with E-state index in [0.717, 1.165) is 12.1 Å². The average Bonchev–Trinajstić information content (AvgIpc) is 3.03. The van der Waals surface area contributed by atoms with Crippen LogP contribution in [0.5, 0.6) is 0 Å². The van der Waals surface area contributed by atoms with E-state index in [9.17, 15) is 0 Å². The number of rotatable bonds is 3. The molecule has 0 saturated carbocycles. The lowest BCUT2D eigenvalue weighted by Crippen LogP contribution is -2.25. The van der Waals surface area contributed by atoms with Gasteiger partial charge >= 0.3 is 0 Å². The number of nitrogens with one attached hydrogen (secondary N) is 1. The lowest BCUT2D eigenvalue weighted by atomic mass is 10.1. The van der Waals surface area contributed by atoms with E-state index in [1.807, 2.05) is 13.1 Å². The maximum atomic E-state index is 6.10. The molecule has 0 aliphatic carbocycles. The first-order chi connectivity index (χ1) is 9.66. The summed E-state index contributed by atoms with van der Waals surface area (Å²) in [5.74, 6) is 0.794. The quantitative estimate of drug-likeness (QED) is 0.889. The molecule has 2 aromatic rings. The van der Waals surface area contributed by atoms with Crippen molar-refractivity contribution in [1.29, 1.82) is 0 Å². The van der Waals surface area contributed by atoms with E-state index < -0.39 is 0 Å². The fourth-order valence-electron chi connectivity index (χ4n) is 2.35. The van der Waals surface area contributed by atoms with Crippen LogP contribution in [0.25, 0.3) is 0 Å². The zero-order valence-corrected chi connectivity index (χ0v) is 11.7. The SMILES string of the molecule is Cn1nccc1[C@H]1OCC[C@@H]1Nc1ncnc(N)c1Cl. The molecule has 1 saturated heterocycles. The summed E-state index contributed by atoms with van der Waals surface area (Å²) in [6.45, 7) is 0.672. The van der Waals surface area contributed by atoms with E-state index in [1.54, 1.807) is 10.9 Å². The van der Waals surface area contributed by atoms with Crippen molar-refractivity contribution in [3.05, 3.63) is 29.3 Å². The Balaban J connectivity index is 1.83. The monoisotopic (exact) mass is 294 g/mol. The van der Waals surface area contributed by atoms with Crippen molar-refractivity contribution in [1.82, 2.24) is 19.7 Å². The third-order valence-corrected chi connectivity index (χ3v) is 3.75. The van der Waals surface area contributed by atoms with Crippen LogP contribution in [0.3, 0.4) is 0 Å². The predicted molar refractivity (Wildman–Crippen MR) is 75.4 cm³/mol. The molecular weight excluding hydrogens is 280 g/mol. The molecule has 1 aliphatic heterocycles. The van der Waals surface area contributed by atoms with E-state index in [2.05, 4.69) is 20.4 Å². The highest BCUT2D eigenvalue weighted by Crippen LogP contribution is 2.33. The Bertz CT molecular complexity index is 616. The number of hydrogen-bond donors (Lipinski definition) is 2. The van der Waals surface area contributed by atoms with Gasteiger partial charge in [-0.1, -0.05) is 11.6 Å². The summed E-state index contributed by atoms with van der Waals surface area (Å²) in [4.78, 5) is 7.97. The first-order valence-corrected chi connectivity index (χ1v) is 6.66. The van der Waals surface area contributed by atoms with Crippen molar-refractivity contribution >= 4 is 23.2 Å². The molecule has 20 heavy (non-hydrogen) atoms. The number of hydrogen-bond acceptors (Lipinski definition) is 6. The van der Waals surface area contributed by atoms with Crippen LogP contribution >= 0.6 is 11.6 Å². The highest BCUT2D eigenvalue weighted by molar-refractivity contribution is 6.35. The molecule has 8 heteroatoms. The zero-order chi connectivity index (χ0) is 14.1. The topological polar surface area (TPSA) is 90.9 Å². The number of aryl methyl sites for hydroxylation is 1. The highest BCUT2D eigenvalue weighted by Gasteiger charge is 2.32. The molecular formula is C12H15ClN6O. The molecule has 106 valence electrons. The Kier molecular flexibility index (Phi) is 3.45. The summed E-state index contributed by atoms with van der Waals surface area (Å²) in [6.07, 6.45) is 3.91. The summed E-state index contributed by atoms with van der Waals surface area (Å²) in [5, 5.41) is 7.79. The van der Waals surface area contributed by atoms with E-state index in [-0.39, 0.29) is 18.0 Å². The molecule has 0 amide bonds. The van der Waals surface area contributed by atoms with Gasteiger partial charge in [-0.15, -0.1) is 0 Å². The van der Waals surface area contributed by atoms with Gasteiger partial charge in [-0.25, -0.2) is 9.97 Å². The number of ether oxygens (including phenoxy) is 1. The van der Waals surface area contributed by atoms with Gasteiger partial charge in [0.1, 0.15) is 23.3 Å². The van der Waals surface area contributed by atoms with Gasteiger partial charge in [-0.3, -0.25) is 4.68 Å². The molecule has 1 aliphatic rings. The Morgan fingerprint density at radius 1 is 1.50 bits per heavy atom. The summed E-state index contributed by atoms with van der Waals surface area (Å²) in [7, 11) is 1.89. The number of halogens is 1. The molecule has 0 spiro atoms. The van der Waals surface area contributed by atoms with Crippen molar-refractivity contribution in [3.63, 3.8) is 0 Å². The maximum Gasteiger partial charge on any atom is 0.150 e. The molecule has 0 radical (unpaired) electrons. The third kappa shape index (κ3) is 2.30. The summed E-state index contributed by atoms with van der Waals surface area (Å²) in [6, 6.07) is 2.01. The number of nitrogens with two attached hydrogens (primary N) is 1. The minimum absolute atomic E-state index is 0.0669. The van der Waals surface area contributed by atoms with E-state index in [1.165, 1.54) is 6.33 Å². The molecule has 2 aromatic heterocycles. The molecule has 0 bridgehead atoms. The van der Waals surface area contributed by atoms with Crippen LogP contribution in [0.2, 0.25) is 5.02 Å². The second-order valence-corrected chi connectivity index (χ2v) is 5.01. The van der Waals surface area contributed by atoms with Gasteiger partial charge in [-0.2, -0.15) is 5.10 Å². The maximum absolute atomic E-state index is 6.10. The fourth-order valence-corrected chi connectivity index (χ4v) is 2.50. The minimum Gasteiger partial charge on any atom is -0.382 e. The molecule has 3 heterocycles. The smallest absolute Gasteiger partial charge is 0.150 e. The number of aromatic nitrogens is 4. The number of nitrogens with zero attached hydrogens (tertiary/aromatic N) is 4. The second-order valence-electron chi connectivity index (χ2n) is 4.63. The van der Waals surface area contributed by atoms with Gasteiger partial charge in [0.05, 0.1) is 11.7 Å². The molecule has 3 N–H and O–H groups in total. The first-order valence-electron chi connectivity index (χ1n) is 6.29. The van der Waals surface area contributed by atoms with Gasteiger partial charge < -0.3 is 15.8 Å². The van der Waals surface area contributed by atoms with E-state index >= 15 is 0 Å². The average molecular weight is 295 g/mol. The lowest BCUT2D eigenvalue weighted by Gasteiger charge is -2.21. The second kappa shape index (κ2) is 5.26. The van der Waals surface area contributed by atoms with Gasteiger partial charge in [0.15, 0.2) is 5.82 Å². The molecule has 3 rings (SSSR count). The predicted octanol–water partition coefficient (Wildman–Crippen LogP) is 1.39. The summed E-state index contributed by atoms with van der Waals surface area (Å²) in [5.41, 5.74) is 6.69. The zero-order valence-electron chi connectivity index (χ0n) is 11.0. The van der Waals surface area contributed by atoms with Gasteiger partial charge in [0.2, 0.25) is 0 Å². The van der Waals surface area contributed by atoms with E-state index in [4.69, 9.17) is 22.1 Å². The molecule has 2 atom stereocenters. The third-order valence-electron chi connectivity index (χ3n) is 3.38. The van der Waals surface area contributed by atoms with Crippen LogP contribution in [-0.2, 0) is 11.8 Å². The standard InChI is InChI=1S/C12H15ClN6O/c1-19-8(2-4-17-19)10-7(3-5-20-10)18-12-9(13)11(14)15-6-16-12/h2,4,6-7,10H,3,5H2,1H3,(H3,14,15,16,18)/t7-,10-/m0/s1. The highest BCUT2D eigenvalue weighted by atomic mass is 35.5.